The molecular formula is C10H18N4O2S. The average molecular weight is 258 g/mol. The normalized spacial score (nSPS) is 22.9. The van der Waals surface area contributed by atoms with Gasteiger partial charge in [0, 0.05) is 19.2 Å². The number of carbonyl (C=O) groups is 1. The lowest BCUT2D eigenvalue weighted by atomic mass is 10.2. The number of hydrazine groups is 1. The van der Waals surface area contributed by atoms with Crippen molar-refractivity contribution in [3.8, 4) is 0 Å². The zero-order valence-corrected chi connectivity index (χ0v) is 10.4. The van der Waals surface area contributed by atoms with E-state index in [1.165, 1.54) is 0 Å². The Hall–Kier alpha value is -1.08. The van der Waals surface area contributed by atoms with Gasteiger partial charge in [-0.2, -0.15) is 0 Å². The fraction of sp³-hybridized carbons (Fsp3) is 0.800. The molecular weight excluding hydrogens is 240 g/mol. The van der Waals surface area contributed by atoms with Crippen LogP contribution in [-0.4, -0.2) is 36.4 Å². The van der Waals surface area contributed by atoms with Crippen LogP contribution >= 0.6 is 12.2 Å². The molecule has 2 aliphatic rings. The molecule has 2 rings (SSSR count). The first-order valence-electron chi connectivity index (χ1n) is 5.96. The monoisotopic (exact) mass is 258 g/mol. The Labute approximate surface area is 106 Å². The van der Waals surface area contributed by atoms with E-state index in [0.717, 1.165) is 32.3 Å². The fourth-order valence-electron chi connectivity index (χ4n) is 1.62. The minimum Gasteiger partial charge on any atom is -0.376 e. The minimum absolute atomic E-state index is 0.150. The number of urea groups is 1. The number of hydrogen-bond donors (Lipinski definition) is 4. The van der Waals surface area contributed by atoms with Crippen molar-refractivity contribution >= 4 is 23.4 Å². The van der Waals surface area contributed by atoms with E-state index in [-0.39, 0.29) is 12.1 Å². The first kappa shape index (κ1) is 12.4. The summed E-state index contributed by atoms with van der Waals surface area (Å²) in [6.07, 6.45) is 4.52. The first-order valence-corrected chi connectivity index (χ1v) is 6.37. The van der Waals surface area contributed by atoms with E-state index >= 15 is 0 Å². The molecule has 1 atom stereocenters. The lowest BCUT2D eigenvalue weighted by molar-refractivity contribution is 0.111. The van der Waals surface area contributed by atoms with Gasteiger partial charge in [0.25, 0.3) is 0 Å². The molecule has 4 N–H and O–H groups in total. The molecule has 1 aliphatic heterocycles. The summed E-state index contributed by atoms with van der Waals surface area (Å²) in [6.45, 7) is 1.33. The summed E-state index contributed by atoms with van der Waals surface area (Å²) in [6, 6.07) is 0.187. The Balaban J connectivity index is 1.51. The third kappa shape index (κ3) is 4.74. The van der Waals surface area contributed by atoms with Crippen LogP contribution in [0, 0.1) is 0 Å². The smallest absolute Gasteiger partial charge is 0.333 e. The van der Waals surface area contributed by atoms with E-state index in [9.17, 15) is 4.79 Å². The van der Waals surface area contributed by atoms with E-state index in [1.807, 2.05) is 0 Å². The first-order chi connectivity index (χ1) is 8.24. The van der Waals surface area contributed by atoms with Crippen LogP contribution in [0.4, 0.5) is 4.79 Å². The molecule has 1 saturated heterocycles. The molecule has 0 aromatic heterocycles. The highest BCUT2D eigenvalue weighted by Crippen LogP contribution is 2.18. The van der Waals surface area contributed by atoms with Crippen molar-refractivity contribution in [2.45, 2.75) is 37.8 Å². The maximum absolute atomic E-state index is 11.4. The van der Waals surface area contributed by atoms with Gasteiger partial charge in [-0.3, -0.25) is 5.43 Å². The number of thiocarbonyl (C=S) groups is 1. The predicted octanol–water partition coefficient (Wildman–Crippen LogP) is 0.00610. The van der Waals surface area contributed by atoms with Gasteiger partial charge in [0.2, 0.25) is 0 Å². The van der Waals surface area contributed by atoms with Crippen molar-refractivity contribution in [2.75, 3.05) is 13.2 Å². The van der Waals surface area contributed by atoms with Crippen LogP contribution in [0.3, 0.4) is 0 Å². The maximum Gasteiger partial charge on any atom is 0.333 e. The zero-order chi connectivity index (χ0) is 12.1. The average Bonchev–Trinajstić information content (AvgIpc) is 2.96. The predicted molar refractivity (Wildman–Crippen MR) is 67.4 cm³/mol. The highest BCUT2D eigenvalue weighted by Gasteiger charge is 2.21. The second-order valence-corrected chi connectivity index (χ2v) is 4.75. The van der Waals surface area contributed by atoms with Crippen molar-refractivity contribution in [1.82, 2.24) is 21.5 Å². The summed E-state index contributed by atoms with van der Waals surface area (Å²) in [5.74, 6) is 0. The lowest BCUT2D eigenvalue weighted by Gasteiger charge is -2.13. The summed E-state index contributed by atoms with van der Waals surface area (Å²) >= 11 is 4.99. The van der Waals surface area contributed by atoms with Crippen molar-refractivity contribution in [3.05, 3.63) is 0 Å². The van der Waals surface area contributed by atoms with Gasteiger partial charge in [0.1, 0.15) is 0 Å². The molecule has 2 amide bonds. The van der Waals surface area contributed by atoms with Crippen LogP contribution in [-0.2, 0) is 4.74 Å². The summed E-state index contributed by atoms with van der Waals surface area (Å²) in [5, 5.41) is 6.24. The third-order valence-electron chi connectivity index (χ3n) is 2.72. The van der Waals surface area contributed by atoms with Crippen LogP contribution in [0.5, 0.6) is 0 Å². The minimum atomic E-state index is -0.291. The van der Waals surface area contributed by atoms with Gasteiger partial charge in [0.15, 0.2) is 5.11 Å². The molecule has 7 heteroatoms. The number of carbonyl (C=O) groups excluding carboxylic acids is 1. The third-order valence-corrected chi connectivity index (χ3v) is 2.94. The number of rotatable bonds is 3. The molecule has 0 spiro atoms. The lowest BCUT2D eigenvalue weighted by Crippen LogP contribution is -2.51. The number of nitrogens with one attached hydrogen (secondary N) is 4. The number of hydrogen-bond acceptors (Lipinski definition) is 3. The molecule has 1 heterocycles. The molecule has 17 heavy (non-hydrogen) atoms. The molecule has 2 fully saturated rings. The van der Waals surface area contributed by atoms with Crippen molar-refractivity contribution in [1.29, 1.82) is 0 Å². The second-order valence-electron chi connectivity index (χ2n) is 4.34. The largest absolute Gasteiger partial charge is 0.376 e. The Kier molecular flexibility index (Phi) is 4.38. The van der Waals surface area contributed by atoms with Crippen LogP contribution in [0.1, 0.15) is 25.7 Å². The van der Waals surface area contributed by atoms with Crippen LogP contribution in [0.25, 0.3) is 0 Å². The Bertz CT molecular complexity index is 290. The van der Waals surface area contributed by atoms with Crippen LogP contribution < -0.4 is 21.5 Å². The van der Waals surface area contributed by atoms with Crippen LogP contribution in [0.15, 0.2) is 0 Å². The molecule has 1 saturated carbocycles. The molecule has 0 radical (unpaired) electrons. The van der Waals surface area contributed by atoms with Gasteiger partial charge in [-0.05, 0) is 37.9 Å². The van der Waals surface area contributed by atoms with Gasteiger partial charge in [-0.1, -0.05) is 0 Å². The van der Waals surface area contributed by atoms with Crippen molar-refractivity contribution in [2.24, 2.45) is 0 Å². The fourth-order valence-corrected chi connectivity index (χ4v) is 1.84. The molecule has 0 aromatic rings. The molecule has 0 unspecified atom stereocenters. The Morgan fingerprint density at radius 1 is 1.29 bits per heavy atom. The Morgan fingerprint density at radius 2 is 2.12 bits per heavy atom. The topological polar surface area (TPSA) is 74.4 Å². The van der Waals surface area contributed by atoms with Crippen LogP contribution in [0.2, 0.25) is 0 Å². The van der Waals surface area contributed by atoms with E-state index < -0.39 is 0 Å². The maximum atomic E-state index is 11.4. The summed E-state index contributed by atoms with van der Waals surface area (Å²) in [7, 11) is 0. The van der Waals surface area contributed by atoms with Gasteiger partial charge in [-0.15, -0.1) is 0 Å². The zero-order valence-electron chi connectivity index (χ0n) is 9.62. The molecule has 0 aromatic carbocycles. The second kappa shape index (κ2) is 6.02. The standard InChI is InChI=1S/C10H18N4O2S/c15-9(11-6-8-2-1-5-16-8)13-14-10(17)12-7-3-4-7/h7-8H,1-6H2,(H2,11,13,15)(H2,12,14,17)/t8-/m1/s1. The van der Waals surface area contributed by atoms with Crippen molar-refractivity contribution in [3.63, 3.8) is 0 Å². The van der Waals surface area contributed by atoms with Gasteiger partial charge < -0.3 is 15.4 Å². The van der Waals surface area contributed by atoms with Crippen molar-refractivity contribution < 1.29 is 9.53 Å². The molecule has 0 bridgehead atoms. The molecule has 1 aliphatic carbocycles. The van der Waals surface area contributed by atoms with E-state index in [0.29, 0.717) is 17.7 Å². The highest BCUT2D eigenvalue weighted by atomic mass is 32.1. The van der Waals surface area contributed by atoms with E-state index in [4.69, 9.17) is 17.0 Å². The quantitative estimate of drug-likeness (QED) is 0.424. The number of amides is 2. The van der Waals surface area contributed by atoms with Gasteiger partial charge in [0.05, 0.1) is 6.10 Å². The summed E-state index contributed by atoms with van der Waals surface area (Å²) in [4.78, 5) is 11.4. The molecule has 6 nitrogen and oxygen atoms in total. The van der Waals surface area contributed by atoms with E-state index in [2.05, 4.69) is 21.5 Å². The summed E-state index contributed by atoms with van der Waals surface area (Å²) < 4.78 is 5.39. The SMILES string of the molecule is O=C(NC[C@H]1CCCO1)NNC(=S)NC1CC1. The Morgan fingerprint density at radius 3 is 2.76 bits per heavy atom. The summed E-state index contributed by atoms with van der Waals surface area (Å²) in [5.41, 5.74) is 5.13. The highest BCUT2D eigenvalue weighted by molar-refractivity contribution is 7.80. The molecule has 96 valence electrons. The van der Waals surface area contributed by atoms with E-state index in [1.54, 1.807) is 0 Å². The van der Waals surface area contributed by atoms with Gasteiger partial charge >= 0.3 is 6.03 Å². The van der Waals surface area contributed by atoms with Gasteiger partial charge in [-0.25, -0.2) is 10.2 Å². The number of ether oxygens (including phenoxy) is 1.